The van der Waals surface area contributed by atoms with Crippen molar-refractivity contribution < 1.29 is 0 Å². The molecule has 0 saturated carbocycles. The number of aromatic nitrogens is 4. The molecule has 0 amide bonds. The first kappa shape index (κ1) is 32.9. The first-order valence-electron chi connectivity index (χ1n) is 17.0. The van der Waals surface area contributed by atoms with Crippen molar-refractivity contribution in [1.29, 1.82) is 0 Å². The number of pyridine rings is 4. The van der Waals surface area contributed by atoms with Gasteiger partial charge in [-0.1, -0.05) is 72.8 Å². The van der Waals surface area contributed by atoms with Crippen LogP contribution in [0.5, 0.6) is 0 Å². The lowest BCUT2D eigenvalue weighted by molar-refractivity contribution is 0.269. The van der Waals surface area contributed by atoms with Crippen molar-refractivity contribution in [3.8, 4) is 11.1 Å². The zero-order chi connectivity index (χ0) is 32.6. The highest BCUT2D eigenvalue weighted by Crippen LogP contribution is 2.29. The number of hydrogen-bond acceptors (Lipinski definition) is 6. The van der Waals surface area contributed by atoms with Gasteiger partial charge in [-0.25, -0.2) is 0 Å². The van der Waals surface area contributed by atoms with E-state index in [1.807, 2.05) is 49.1 Å². The summed E-state index contributed by atoms with van der Waals surface area (Å²) in [6.45, 7) is 5.41. The summed E-state index contributed by atoms with van der Waals surface area (Å²) in [5.41, 5.74) is 9.74. The predicted octanol–water partition coefficient (Wildman–Crippen LogP) is 7.51. The van der Waals surface area contributed by atoms with Gasteiger partial charge >= 0.3 is 0 Å². The second-order valence-electron chi connectivity index (χ2n) is 12.2. The van der Waals surface area contributed by atoms with Crippen LogP contribution in [-0.4, -0.2) is 55.9 Å². The molecule has 2 aromatic carbocycles. The van der Waals surface area contributed by atoms with Crippen molar-refractivity contribution in [2.75, 3.05) is 26.2 Å². The highest BCUT2D eigenvalue weighted by molar-refractivity contribution is 5.70. The van der Waals surface area contributed by atoms with E-state index in [0.29, 0.717) is 0 Å². The fourth-order valence-corrected chi connectivity index (χ4v) is 6.14. The van der Waals surface area contributed by atoms with Crippen LogP contribution in [0.15, 0.2) is 146 Å². The summed E-state index contributed by atoms with van der Waals surface area (Å²) in [7, 11) is 0. The standard InChI is InChI=1S/C42H44N6/c1-3-19-41(35(13-1)33-47(29-21-37-15-5-9-25-43-37)30-22-38-16-6-10-26-44-38)42-20-4-2-14-36(42)34-48(31-23-39-17-7-11-27-45-39)32-24-40-18-8-12-28-46-40/h1-20,25-28H,21-24,29-34H2. The summed E-state index contributed by atoms with van der Waals surface area (Å²) in [4.78, 5) is 23.5. The summed E-state index contributed by atoms with van der Waals surface area (Å²) in [6, 6.07) is 42.5. The predicted molar refractivity (Wildman–Crippen MR) is 194 cm³/mol. The molecule has 0 atom stereocenters. The molecule has 48 heavy (non-hydrogen) atoms. The molecule has 0 spiro atoms. The maximum Gasteiger partial charge on any atom is 0.0416 e. The Balaban J connectivity index is 1.22. The van der Waals surface area contributed by atoms with Crippen LogP contribution in [0, 0.1) is 0 Å². The van der Waals surface area contributed by atoms with Gasteiger partial charge in [-0.3, -0.25) is 29.7 Å². The molecular formula is C42H44N6. The lowest BCUT2D eigenvalue weighted by Gasteiger charge is -2.26. The summed E-state index contributed by atoms with van der Waals surface area (Å²) in [5.74, 6) is 0. The molecule has 0 fully saturated rings. The molecule has 6 heteroatoms. The van der Waals surface area contributed by atoms with E-state index >= 15 is 0 Å². The van der Waals surface area contributed by atoms with Gasteiger partial charge < -0.3 is 0 Å². The van der Waals surface area contributed by atoms with E-state index in [1.165, 1.54) is 22.3 Å². The molecule has 6 rings (SSSR count). The van der Waals surface area contributed by atoms with Crippen molar-refractivity contribution >= 4 is 0 Å². The second kappa shape index (κ2) is 17.8. The quantitative estimate of drug-likeness (QED) is 0.104. The van der Waals surface area contributed by atoms with Gasteiger partial charge in [0.2, 0.25) is 0 Å². The lowest BCUT2D eigenvalue weighted by atomic mass is 9.94. The molecule has 0 aliphatic heterocycles. The Hall–Kier alpha value is -5.04. The van der Waals surface area contributed by atoms with Crippen LogP contribution >= 0.6 is 0 Å². The monoisotopic (exact) mass is 632 g/mol. The molecular weight excluding hydrogens is 589 g/mol. The molecule has 242 valence electrons. The van der Waals surface area contributed by atoms with Crippen LogP contribution in [0.2, 0.25) is 0 Å². The van der Waals surface area contributed by atoms with Crippen LogP contribution in [0.1, 0.15) is 33.9 Å². The topological polar surface area (TPSA) is 58.0 Å². The van der Waals surface area contributed by atoms with Crippen LogP contribution in [0.3, 0.4) is 0 Å². The minimum absolute atomic E-state index is 0.854. The van der Waals surface area contributed by atoms with E-state index < -0.39 is 0 Å². The fourth-order valence-electron chi connectivity index (χ4n) is 6.14. The van der Waals surface area contributed by atoms with Gasteiger partial charge in [-0.2, -0.15) is 0 Å². The van der Waals surface area contributed by atoms with Gasteiger partial charge in [0.25, 0.3) is 0 Å². The molecule has 0 radical (unpaired) electrons. The zero-order valence-electron chi connectivity index (χ0n) is 27.6. The molecule has 0 aliphatic carbocycles. The molecule has 6 nitrogen and oxygen atoms in total. The molecule has 4 aromatic heterocycles. The van der Waals surface area contributed by atoms with E-state index in [9.17, 15) is 0 Å². The number of hydrogen-bond donors (Lipinski definition) is 0. The van der Waals surface area contributed by atoms with Crippen molar-refractivity contribution in [3.05, 3.63) is 180 Å². The Labute approximate surface area is 285 Å². The lowest BCUT2D eigenvalue weighted by Crippen LogP contribution is -2.29. The van der Waals surface area contributed by atoms with E-state index in [0.717, 1.165) is 87.7 Å². The van der Waals surface area contributed by atoms with E-state index in [1.54, 1.807) is 0 Å². The van der Waals surface area contributed by atoms with E-state index in [2.05, 4.69) is 127 Å². The highest BCUT2D eigenvalue weighted by Gasteiger charge is 2.16. The average molecular weight is 633 g/mol. The fraction of sp³-hybridized carbons (Fsp3) is 0.238. The summed E-state index contributed by atoms with van der Waals surface area (Å²) >= 11 is 0. The number of rotatable bonds is 17. The zero-order valence-corrected chi connectivity index (χ0v) is 27.6. The van der Waals surface area contributed by atoms with Crippen molar-refractivity contribution in [1.82, 2.24) is 29.7 Å². The largest absolute Gasteiger partial charge is 0.298 e. The molecule has 6 aromatic rings. The third-order valence-corrected chi connectivity index (χ3v) is 8.75. The summed E-state index contributed by atoms with van der Waals surface area (Å²) < 4.78 is 0. The molecule has 4 heterocycles. The summed E-state index contributed by atoms with van der Waals surface area (Å²) in [6.07, 6.45) is 11.2. The SMILES string of the molecule is c1ccc(CCN(CCc2ccccn2)Cc2ccccc2-c2ccccc2CN(CCc2ccccn2)CCc2ccccn2)nc1. The van der Waals surface area contributed by atoms with Crippen LogP contribution < -0.4 is 0 Å². The van der Waals surface area contributed by atoms with Crippen LogP contribution in [0.25, 0.3) is 11.1 Å². The van der Waals surface area contributed by atoms with Gasteiger partial charge in [0.05, 0.1) is 0 Å². The van der Waals surface area contributed by atoms with Crippen molar-refractivity contribution in [2.24, 2.45) is 0 Å². The van der Waals surface area contributed by atoms with Crippen LogP contribution in [-0.2, 0) is 38.8 Å². The molecule has 0 N–H and O–H groups in total. The third-order valence-electron chi connectivity index (χ3n) is 8.75. The first-order chi connectivity index (χ1) is 23.8. The Morgan fingerprint density at radius 1 is 0.333 bits per heavy atom. The van der Waals surface area contributed by atoms with Crippen molar-refractivity contribution in [3.63, 3.8) is 0 Å². The van der Waals surface area contributed by atoms with Crippen molar-refractivity contribution in [2.45, 2.75) is 38.8 Å². The maximum absolute atomic E-state index is 4.60. The molecule has 0 bridgehead atoms. The Morgan fingerprint density at radius 2 is 0.625 bits per heavy atom. The second-order valence-corrected chi connectivity index (χ2v) is 12.2. The Morgan fingerprint density at radius 3 is 0.917 bits per heavy atom. The van der Waals surface area contributed by atoms with E-state index in [4.69, 9.17) is 0 Å². The minimum Gasteiger partial charge on any atom is -0.298 e. The van der Waals surface area contributed by atoms with Gasteiger partial charge in [0.1, 0.15) is 0 Å². The number of benzene rings is 2. The van der Waals surface area contributed by atoms with E-state index in [-0.39, 0.29) is 0 Å². The molecule has 0 saturated heterocycles. The summed E-state index contributed by atoms with van der Waals surface area (Å²) in [5, 5.41) is 0. The Bertz CT molecular complexity index is 1560. The highest BCUT2D eigenvalue weighted by atomic mass is 15.1. The Kier molecular flexibility index (Phi) is 12.2. The van der Waals surface area contributed by atoms with Crippen LogP contribution in [0.4, 0.5) is 0 Å². The third kappa shape index (κ3) is 9.98. The smallest absolute Gasteiger partial charge is 0.0416 e. The average Bonchev–Trinajstić information content (AvgIpc) is 3.16. The van der Waals surface area contributed by atoms with Gasteiger partial charge in [0.15, 0.2) is 0 Å². The maximum atomic E-state index is 4.60. The van der Waals surface area contributed by atoms with Gasteiger partial charge in [-0.05, 0) is 70.8 Å². The molecule has 0 aliphatic rings. The minimum atomic E-state index is 0.854. The molecule has 0 unspecified atom stereocenters. The normalized spacial score (nSPS) is 11.3. The first-order valence-corrected chi connectivity index (χ1v) is 17.0. The van der Waals surface area contributed by atoms with Gasteiger partial charge in [0, 0.05) is 113 Å². The number of nitrogens with zero attached hydrogens (tertiary/aromatic N) is 6. The van der Waals surface area contributed by atoms with Gasteiger partial charge in [-0.15, -0.1) is 0 Å².